The molecule has 0 radical (unpaired) electrons. The molecule has 3 aromatic rings. The van der Waals surface area contributed by atoms with E-state index in [0.717, 1.165) is 0 Å². The number of hydrogen-bond donors (Lipinski definition) is 2. The second kappa shape index (κ2) is 6.86. The highest BCUT2D eigenvalue weighted by Gasteiger charge is 2.13. The fourth-order valence-corrected chi connectivity index (χ4v) is 3.10. The lowest BCUT2D eigenvalue weighted by Gasteiger charge is -2.06. The van der Waals surface area contributed by atoms with E-state index in [0.29, 0.717) is 22.4 Å². The van der Waals surface area contributed by atoms with E-state index in [4.69, 9.17) is 4.55 Å². The van der Waals surface area contributed by atoms with Crippen LogP contribution in [0, 0.1) is 0 Å². The predicted octanol–water partition coefficient (Wildman–Crippen LogP) is 5.33. The smallest absolute Gasteiger partial charge is 0.294 e. The first-order chi connectivity index (χ1) is 12.3. The van der Waals surface area contributed by atoms with Gasteiger partial charge in [0, 0.05) is 5.39 Å². The first-order valence-electron chi connectivity index (χ1n) is 8.00. The zero-order valence-corrected chi connectivity index (χ0v) is 15.1. The lowest BCUT2D eigenvalue weighted by atomic mass is 10.0. The molecule has 134 valence electrons. The number of aromatic hydroxyl groups is 1. The van der Waals surface area contributed by atoms with Crippen molar-refractivity contribution in [2.75, 3.05) is 0 Å². The molecule has 0 aliphatic heterocycles. The van der Waals surface area contributed by atoms with Crippen LogP contribution in [0.4, 0.5) is 11.4 Å². The van der Waals surface area contributed by atoms with Crippen molar-refractivity contribution in [1.29, 1.82) is 0 Å². The van der Waals surface area contributed by atoms with Crippen molar-refractivity contribution < 1.29 is 18.1 Å². The van der Waals surface area contributed by atoms with Crippen LogP contribution in [0.1, 0.15) is 25.3 Å². The van der Waals surface area contributed by atoms with E-state index in [1.807, 2.05) is 24.3 Å². The Morgan fingerprint density at radius 1 is 0.923 bits per heavy atom. The molecule has 3 rings (SSSR count). The van der Waals surface area contributed by atoms with Crippen LogP contribution in [-0.4, -0.2) is 18.1 Å². The summed E-state index contributed by atoms with van der Waals surface area (Å²) >= 11 is 0. The topological polar surface area (TPSA) is 99.3 Å². The van der Waals surface area contributed by atoms with E-state index in [1.54, 1.807) is 6.07 Å². The summed E-state index contributed by atoms with van der Waals surface area (Å²) in [5.74, 6) is 0.347. The molecule has 2 N–H and O–H groups in total. The van der Waals surface area contributed by atoms with Crippen LogP contribution < -0.4 is 0 Å². The van der Waals surface area contributed by atoms with E-state index in [-0.39, 0.29) is 16.3 Å². The van der Waals surface area contributed by atoms with Gasteiger partial charge in [-0.25, -0.2) is 0 Å². The number of azo groups is 1. The van der Waals surface area contributed by atoms with Gasteiger partial charge in [-0.05, 0) is 47.2 Å². The van der Waals surface area contributed by atoms with E-state index in [9.17, 15) is 13.5 Å². The Bertz CT molecular complexity index is 1090. The van der Waals surface area contributed by atoms with E-state index < -0.39 is 10.1 Å². The van der Waals surface area contributed by atoms with Gasteiger partial charge in [0.25, 0.3) is 10.1 Å². The largest absolute Gasteiger partial charge is 0.506 e. The number of phenolic OH excluding ortho intramolecular Hbond substituents is 1. The quantitative estimate of drug-likeness (QED) is 0.479. The number of rotatable bonds is 4. The van der Waals surface area contributed by atoms with Crippen LogP contribution in [0.15, 0.2) is 69.7 Å². The maximum atomic E-state index is 11.3. The first-order valence-corrected chi connectivity index (χ1v) is 9.44. The Morgan fingerprint density at radius 2 is 1.62 bits per heavy atom. The Kier molecular flexibility index (Phi) is 4.76. The third-order valence-corrected chi connectivity index (χ3v) is 4.91. The number of nitrogens with zero attached hydrogens (tertiary/aromatic N) is 2. The molecule has 0 amide bonds. The van der Waals surface area contributed by atoms with Gasteiger partial charge in [-0.1, -0.05) is 38.1 Å². The molecule has 0 spiro atoms. The van der Waals surface area contributed by atoms with Gasteiger partial charge in [-0.2, -0.15) is 13.5 Å². The predicted molar refractivity (Wildman–Crippen MR) is 100 cm³/mol. The summed E-state index contributed by atoms with van der Waals surface area (Å²) in [6.45, 7) is 4.21. The zero-order chi connectivity index (χ0) is 18.9. The van der Waals surface area contributed by atoms with Crippen LogP contribution in [-0.2, 0) is 10.1 Å². The maximum absolute atomic E-state index is 11.3. The van der Waals surface area contributed by atoms with Crippen LogP contribution in [0.2, 0.25) is 0 Å². The highest BCUT2D eigenvalue weighted by atomic mass is 32.2. The van der Waals surface area contributed by atoms with Crippen molar-refractivity contribution in [1.82, 2.24) is 0 Å². The summed E-state index contributed by atoms with van der Waals surface area (Å²) in [5, 5.41) is 19.4. The van der Waals surface area contributed by atoms with Gasteiger partial charge in [0.1, 0.15) is 11.4 Å². The molecule has 0 saturated heterocycles. The van der Waals surface area contributed by atoms with Gasteiger partial charge in [0.2, 0.25) is 0 Å². The van der Waals surface area contributed by atoms with Crippen molar-refractivity contribution in [3.63, 3.8) is 0 Å². The van der Waals surface area contributed by atoms with Crippen molar-refractivity contribution in [3.05, 3.63) is 60.2 Å². The minimum atomic E-state index is -4.30. The van der Waals surface area contributed by atoms with Crippen molar-refractivity contribution in [3.8, 4) is 5.75 Å². The second-order valence-corrected chi connectivity index (χ2v) is 7.66. The Balaban J connectivity index is 2.02. The fraction of sp³-hybridized carbons (Fsp3) is 0.158. The van der Waals surface area contributed by atoms with Gasteiger partial charge in [0.15, 0.2) is 0 Å². The fourth-order valence-electron chi connectivity index (χ4n) is 2.58. The standard InChI is InChI=1S/C19H18N2O4S/c1-12(2)13-3-6-15(7-4-13)20-21-19-17-9-8-16(26(23,24)25)11-14(17)5-10-18(19)22/h3-12,22H,1-2H3,(H,23,24,25). The molecule has 0 aliphatic rings. The number of fused-ring (bicyclic) bond motifs is 1. The van der Waals surface area contributed by atoms with E-state index in [2.05, 4.69) is 24.1 Å². The average molecular weight is 370 g/mol. The Morgan fingerprint density at radius 3 is 2.23 bits per heavy atom. The molecule has 0 heterocycles. The average Bonchev–Trinajstić information content (AvgIpc) is 2.60. The van der Waals surface area contributed by atoms with Crippen LogP contribution >= 0.6 is 0 Å². The molecule has 0 aromatic heterocycles. The van der Waals surface area contributed by atoms with Crippen molar-refractivity contribution in [2.45, 2.75) is 24.7 Å². The zero-order valence-electron chi connectivity index (χ0n) is 14.3. The lowest BCUT2D eigenvalue weighted by Crippen LogP contribution is -1.97. The van der Waals surface area contributed by atoms with E-state index >= 15 is 0 Å². The monoisotopic (exact) mass is 370 g/mol. The molecule has 6 nitrogen and oxygen atoms in total. The number of phenols is 1. The van der Waals surface area contributed by atoms with Gasteiger partial charge in [-0.3, -0.25) is 4.55 Å². The third kappa shape index (κ3) is 3.74. The highest BCUT2D eigenvalue weighted by molar-refractivity contribution is 7.85. The summed E-state index contributed by atoms with van der Waals surface area (Å²) in [5.41, 5.74) is 2.06. The van der Waals surface area contributed by atoms with Crippen molar-refractivity contribution >= 4 is 32.3 Å². The highest BCUT2D eigenvalue weighted by Crippen LogP contribution is 2.37. The number of benzene rings is 3. The van der Waals surface area contributed by atoms with Crippen LogP contribution in [0.3, 0.4) is 0 Å². The summed E-state index contributed by atoms with van der Waals surface area (Å²) < 4.78 is 31.7. The summed E-state index contributed by atoms with van der Waals surface area (Å²) in [4.78, 5) is -0.220. The normalized spacial score (nSPS) is 12.3. The molecular weight excluding hydrogens is 352 g/mol. The minimum absolute atomic E-state index is 0.0698. The maximum Gasteiger partial charge on any atom is 0.294 e. The van der Waals surface area contributed by atoms with Gasteiger partial charge < -0.3 is 5.11 Å². The molecule has 0 fully saturated rings. The summed E-state index contributed by atoms with van der Waals surface area (Å²) in [7, 11) is -4.30. The Hall–Kier alpha value is -2.77. The molecule has 3 aromatic carbocycles. The Labute approximate surface area is 151 Å². The summed E-state index contributed by atoms with van der Waals surface area (Å²) in [6, 6.07) is 14.7. The molecule has 26 heavy (non-hydrogen) atoms. The second-order valence-electron chi connectivity index (χ2n) is 6.24. The van der Waals surface area contributed by atoms with Gasteiger partial charge >= 0.3 is 0 Å². The molecule has 0 bridgehead atoms. The molecule has 0 aliphatic carbocycles. The van der Waals surface area contributed by atoms with Gasteiger partial charge in [0.05, 0.1) is 10.6 Å². The van der Waals surface area contributed by atoms with Crippen LogP contribution in [0.5, 0.6) is 5.75 Å². The lowest BCUT2D eigenvalue weighted by molar-refractivity contribution is 0.477. The van der Waals surface area contributed by atoms with Gasteiger partial charge in [-0.15, -0.1) is 5.11 Å². The molecule has 7 heteroatoms. The minimum Gasteiger partial charge on any atom is -0.506 e. The van der Waals surface area contributed by atoms with E-state index in [1.165, 1.54) is 29.8 Å². The number of hydrogen-bond acceptors (Lipinski definition) is 5. The molecule has 0 saturated carbocycles. The first kappa shape index (κ1) is 18.0. The van der Waals surface area contributed by atoms with Crippen LogP contribution in [0.25, 0.3) is 10.8 Å². The summed E-state index contributed by atoms with van der Waals surface area (Å²) in [6.07, 6.45) is 0. The third-order valence-electron chi connectivity index (χ3n) is 4.06. The molecule has 0 atom stereocenters. The molecular formula is C19H18N2O4S. The molecule has 0 unspecified atom stereocenters. The van der Waals surface area contributed by atoms with Crippen molar-refractivity contribution in [2.24, 2.45) is 10.2 Å². The SMILES string of the molecule is CC(C)c1ccc(N=Nc2c(O)ccc3cc(S(=O)(=O)O)ccc23)cc1.